The molecular formula is C23H14ClN3O3S. The first-order valence-electron chi connectivity index (χ1n) is 9.37. The molecule has 0 saturated carbocycles. The van der Waals surface area contributed by atoms with Crippen LogP contribution < -0.4 is 4.90 Å². The summed E-state index contributed by atoms with van der Waals surface area (Å²) >= 11 is 7.27. The minimum Gasteiger partial charge on any atom is -0.507 e. The zero-order chi connectivity index (χ0) is 21.5. The number of carbonyl (C=O) groups is 2. The topological polar surface area (TPSA) is 83.4 Å². The van der Waals surface area contributed by atoms with Crippen molar-refractivity contribution in [3.05, 3.63) is 94.8 Å². The molecule has 6 nitrogen and oxygen atoms in total. The Morgan fingerprint density at radius 1 is 1.00 bits per heavy atom. The first-order chi connectivity index (χ1) is 15.0. The van der Waals surface area contributed by atoms with Crippen LogP contribution in [0.1, 0.15) is 17.2 Å². The number of ketones is 1. The van der Waals surface area contributed by atoms with E-state index in [-0.39, 0.29) is 11.3 Å². The van der Waals surface area contributed by atoms with Crippen molar-refractivity contribution < 1.29 is 14.7 Å². The number of aliphatic hydroxyl groups excluding tert-OH is 1. The predicted molar refractivity (Wildman–Crippen MR) is 120 cm³/mol. The van der Waals surface area contributed by atoms with E-state index in [1.165, 1.54) is 16.2 Å². The molecule has 0 spiro atoms. The van der Waals surface area contributed by atoms with E-state index in [0.717, 1.165) is 10.2 Å². The van der Waals surface area contributed by atoms with Gasteiger partial charge in [0.15, 0.2) is 5.13 Å². The summed E-state index contributed by atoms with van der Waals surface area (Å²) in [4.78, 5) is 36.2. The molecule has 0 bridgehead atoms. The number of carbonyl (C=O) groups excluding carboxylic acids is 2. The van der Waals surface area contributed by atoms with Crippen molar-refractivity contribution in [1.82, 2.24) is 9.97 Å². The van der Waals surface area contributed by atoms with E-state index < -0.39 is 17.7 Å². The molecule has 8 heteroatoms. The quantitative estimate of drug-likeness (QED) is 0.272. The highest BCUT2D eigenvalue weighted by atomic mass is 35.5. The maximum atomic E-state index is 13.1. The molecule has 0 aliphatic carbocycles. The summed E-state index contributed by atoms with van der Waals surface area (Å²) in [6.07, 6.45) is 3.16. The summed E-state index contributed by atoms with van der Waals surface area (Å²) in [5, 5.41) is 11.9. The fourth-order valence-electron chi connectivity index (χ4n) is 3.62. The van der Waals surface area contributed by atoms with Crippen LogP contribution in [0.15, 0.2) is 78.6 Å². The van der Waals surface area contributed by atoms with E-state index in [1.54, 1.807) is 48.8 Å². The van der Waals surface area contributed by atoms with Gasteiger partial charge in [-0.15, -0.1) is 0 Å². The monoisotopic (exact) mass is 447 g/mol. The first kappa shape index (κ1) is 19.4. The number of amides is 1. The van der Waals surface area contributed by atoms with E-state index in [1.807, 2.05) is 24.3 Å². The van der Waals surface area contributed by atoms with Crippen molar-refractivity contribution >= 4 is 55.7 Å². The molecule has 152 valence electrons. The molecule has 2 aromatic heterocycles. The highest BCUT2D eigenvalue weighted by molar-refractivity contribution is 7.22. The third-order valence-corrected chi connectivity index (χ3v) is 6.36. The van der Waals surface area contributed by atoms with E-state index >= 15 is 0 Å². The molecule has 1 amide bonds. The van der Waals surface area contributed by atoms with Gasteiger partial charge in [0.05, 0.1) is 21.8 Å². The molecule has 2 aromatic carbocycles. The zero-order valence-electron chi connectivity index (χ0n) is 15.9. The number of rotatable bonds is 3. The fourth-order valence-corrected chi connectivity index (χ4v) is 4.74. The Bertz CT molecular complexity index is 1320. The number of nitrogens with zero attached hydrogens (tertiary/aromatic N) is 3. The van der Waals surface area contributed by atoms with Crippen LogP contribution in [0.4, 0.5) is 5.13 Å². The molecule has 1 unspecified atom stereocenters. The first-order valence-corrected chi connectivity index (χ1v) is 10.6. The van der Waals surface area contributed by atoms with Gasteiger partial charge in [-0.1, -0.05) is 35.1 Å². The molecule has 1 aliphatic heterocycles. The molecule has 1 N–H and O–H groups in total. The smallest absolute Gasteiger partial charge is 0.301 e. The number of hydrogen-bond donors (Lipinski definition) is 1. The number of anilines is 1. The minimum absolute atomic E-state index is 0.00206. The van der Waals surface area contributed by atoms with Gasteiger partial charge >= 0.3 is 5.91 Å². The van der Waals surface area contributed by atoms with Gasteiger partial charge in [0, 0.05) is 23.0 Å². The highest BCUT2D eigenvalue weighted by Gasteiger charge is 2.48. The average Bonchev–Trinajstić information content (AvgIpc) is 3.33. The van der Waals surface area contributed by atoms with E-state index in [4.69, 9.17) is 11.6 Å². The predicted octanol–water partition coefficient (Wildman–Crippen LogP) is 4.97. The number of aromatic nitrogens is 2. The Kier molecular flexibility index (Phi) is 4.77. The van der Waals surface area contributed by atoms with Crippen LogP contribution >= 0.6 is 22.9 Å². The number of hydrogen-bond acceptors (Lipinski definition) is 6. The molecule has 0 radical (unpaired) electrons. The van der Waals surface area contributed by atoms with Gasteiger partial charge in [0.2, 0.25) is 0 Å². The number of aliphatic hydroxyl groups is 1. The number of pyridine rings is 1. The molecule has 1 saturated heterocycles. The summed E-state index contributed by atoms with van der Waals surface area (Å²) in [6, 6.07) is 16.5. The lowest BCUT2D eigenvalue weighted by atomic mass is 9.96. The molecule has 1 atom stereocenters. The number of halogens is 1. The van der Waals surface area contributed by atoms with Crippen LogP contribution in [-0.2, 0) is 9.59 Å². The lowest BCUT2D eigenvalue weighted by molar-refractivity contribution is -0.132. The number of thiazole rings is 1. The molecular weight excluding hydrogens is 434 g/mol. The second kappa shape index (κ2) is 7.61. The van der Waals surface area contributed by atoms with Gasteiger partial charge in [-0.25, -0.2) is 4.98 Å². The van der Waals surface area contributed by atoms with Crippen molar-refractivity contribution in [2.75, 3.05) is 4.90 Å². The molecule has 1 fully saturated rings. The van der Waals surface area contributed by atoms with E-state index in [0.29, 0.717) is 21.3 Å². The van der Waals surface area contributed by atoms with Gasteiger partial charge in [-0.2, -0.15) is 0 Å². The van der Waals surface area contributed by atoms with Crippen LogP contribution in [0.25, 0.3) is 16.0 Å². The molecule has 1 aliphatic rings. The van der Waals surface area contributed by atoms with Crippen LogP contribution in [-0.4, -0.2) is 26.8 Å². The maximum absolute atomic E-state index is 13.1. The van der Waals surface area contributed by atoms with Gasteiger partial charge in [-0.05, 0) is 54.1 Å². The Hall–Kier alpha value is -3.55. The van der Waals surface area contributed by atoms with Crippen molar-refractivity contribution in [2.24, 2.45) is 0 Å². The molecule has 31 heavy (non-hydrogen) atoms. The summed E-state index contributed by atoms with van der Waals surface area (Å²) in [6.45, 7) is 0. The Labute approximate surface area is 186 Å². The third kappa shape index (κ3) is 3.28. The number of para-hydroxylation sites is 1. The zero-order valence-corrected chi connectivity index (χ0v) is 17.5. The molecule has 5 rings (SSSR count). The Morgan fingerprint density at radius 3 is 2.42 bits per heavy atom. The summed E-state index contributed by atoms with van der Waals surface area (Å²) in [7, 11) is 0. The maximum Gasteiger partial charge on any atom is 0.301 e. The lowest BCUT2D eigenvalue weighted by Crippen LogP contribution is -2.29. The van der Waals surface area contributed by atoms with Crippen LogP contribution in [0.5, 0.6) is 0 Å². The van der Waals surface area contributed by atoms with E-state index in [9.17, 15) is 14.7 Å². The highest BCUT2D eigenvalue weighted by Crippen LogP contribution is 2.44. The van der Waals surface area contributed by atoms with Crippen LogP contribution in [0.3, 0.4) is 0 Å². The minimum atomic E-state index is -0.834. The number of Topliss-reactive ketones (excluding diaryl/α,β-unsaturated/α-hetero) is 1. The van der Waals surface area contributed by atoms with Gasteiger partial charge in [-0.3, -0.25) is 19.5 Å². The van der Waals surface area contributed by atoms with Crippen LogP contribution in [0, 0.1) is 0 Å². The Morgan fingerprint density at radius 2 is 1.71 bits per heavy atom. The standard InChI is InChI=1S/C23H14ClN3O3S/c24-15-7-5-14(6-8-15)20(28)18-19(13-9-11-25-12-10-13)27(22(30)21(18)29)23-26-16-3-1-2-4-17(16)31-23/h1-12,19,28H/b20-18+. The third-order valence-electron chi connectivity index (χ3n) is 5.07. The van der Waals surface area contributed by atoms with Gasteiger partial charge < -0.3 is 5.11 Å². The SMILES string of the molecule is O=C1C(=O)N(c2nc3ccccc3s2)C(c2ccncc2)/C1=C(\O)c1ccc(Cl)cc1. The molecule has 3 heterocycles. The normalized spacial score (nSPS) is 18.1. The second-order valence-electron chi connectivity index (χ2n) is 6.92. The lowest BCUT2D eigenvalue weighted by Gasteiger charge is -2.22. The van der Waals surface area contributed by atoms with Crippen molar-refractivity contribution in [3.63, 3.8) is 0 Å². The Balaban J connectivity index is 1.73. The van der Waals surface area contributed by atoms with E-state index in [2.05, 4.69) is 9.97 Å². The fraction of sp³-hybridized carbons (Fsp3) is 0.0435. The van der Waals surface area contributed by atoms with Gasteiger partial charge in [0.25, 0.3) is 5.78 Å². The second-order valence-corrected chi connectivity index (χ2v) is 8.37. The van der Waals surface area contributed by atoms with Crippen LogP contribution in [0.2, 0.25) is 5.02 Å². The largest absolute Gasteiger partial charge is 0.507 e. The number of fused-ring (bicyclic) bond motifs is 1. The molecule has 4 aromatic rings. The average molecular weight is 448 g/mol. The number of benzene rings is 2. The van der Waals surface area contributed by atoms with Crippen molar-refractivity contribution in [2.45, 2.75) is 6.04 Å². The summed E-state index contributed by atoms with van der Waals surface area (Å²) in [5.41, 5.74) is 1.77. The van der Waals surface area contributed by atoms with Crippen molar-refractivity contribution in [3.8, 4) is 0 Å². The summed E-state index contributed by atoms with van der Waals surface area (Å²) in [5.74, 6) is -1.77. The van der Waals surface area contributed by atoms with Crippen molar-refractivity contribution in [1.29, 1.82) is 0 Å². The summed E-state index contributed by atoms with van der Waals surface area (Å²) < 4.78 is 0.894. The van der Waals surface area contributed by atoms with Gasteiger partial charge in [0.1, 0.15) is 5.76 Å².